The third-order valence-electron chi connectivity index (χ3n) is 6.14. The second-order valence-corrected chi connectivity index (χ2v) is 9.94. The van der Waals surface area contributed by atoms with Gasteiger partial charge in [0.15, 0.2) is 0 Å². The van der Waals surface area contributed by atoms with Gasteiger partial charge in [0.05, 0.1) is 0 Å². The van der Waals surface area contributed by atoms with E-state index < -0.39 is 15.8 Å². The lowest BCUT2D eigenvalue weighted by Gasteiger charge is -2.34. The summed E-state index contributed by atoms with van der Waals surface area (Å²) < 4.78 is 40.5. The highest BCUT2D eigenvalue weighted by Crippen LogP contribution is 2.25. The van der Waals surface area contributed by atoms with Gasteiger partial charge in [0.1, 0.15) is 10.7 Å². The van der Waals surface area contributed by atoms with Gasteiger partial charge in [-0.05, 0) is 44.5 Å². The molecule has 2 aliphatic heterocycles. The molecule has 30 heavy (non-hydrogen) atoms. The van der Waals surface area contributed by atoms with Crippen molar-refractivity contribution in [2.75, 3.05) is 58.9 Å². The summed E-state index contributed by atoms with van der Waals surface area (Å²) in [6.45, 7) is 9.75. The van der Waals surface area contributed by atoms with Gasteiger partial charge in [-0.25, -0.2) is 12.8 Å². The van der Waals surface area contributed by atoms with Gasteiger partial charge >= 0.3 is 0 Å². The lowest BCUT2D eigenvalue weighted by atomic mass is 9.97. The number of carbonyl (C=O) groups is 1. The molecular formula is C21H33FN4O3S. The number of sulfonamides is 1. The van der Waals surface area contributed by atoms with Crippen LogP contribution in [0.15, 0.2) is 29.2 Å². The molecule has 1 aromatic carbocycles. The van der Waals surface area contributed by atoms with Crippen LogP contribution < -0.4 is 5.32 Å². The molecule has 2 aliphatic rings. The molecule has 2 fully saturated rings. The summed E-state index contributed by atoms with van der Waals surface area (Å²) >= 11 is 0. The summed E-state index contributed by atoms with van der Waals surface area (Å²) in [6, 6.07) is 5.41. The van der Waals surface area contributed by atoms with Crippen molar-refractivity contribution in [3.63, 3.8) is 0 Å². The lowest BCUT2D eigenvalue weighted by molar-refractivity contribution is -0.126. The molecule has 0 atom stereocenters. The van der Waals surface area contributed by atoms with Crippen LogP contribution in [-0.4, -0.2) is 87.3 Å². The Morgan fingerprint density at radius 2 is 1.70 bits per heavy atom. The molecule has 3 rings (SSSR count). The Labute approximate surface area is 179 Å². The molecular weight excluding hydrogens is 407 g/mol. The smallest absolute Gasteiger partial charge is 0.245 e. The maximum atomic E-state index is 13.9. The number of amides is 1. The van der Waals surface area contributed by atoms with E-state index in [1.165, 1.54) is 22.5 Å². The molecule has 7 nitrogen and oxygen atoms in total. The SMILES string of the molecule is CCN1CCN(CCCNC(=O)C2CCN(S(=O)(=O)c3ccccc3F)CC2)CC1. The number of piperazine rings is 1. The fourth-order valence-electron chi connectivity index (χ4n) is 4.14. The van der Waals surface area contributed by atoms with E-state index in [0.29, 0.717) is 19.4 Å². The minimum Gasteiger partial charge on any atom is -0.356 e. The zero-order chi connectivity index (χ0) is 21.6. The number of hydrogen-bond donors (Lipinski definition) is 1. The van der Waals surface area contributed by atoms with Crippen LogP contribution in [0.2, 0.25) is 0 Å². The van der Waals surface area contributed by atoms with Crippen molar-refractivity contribution in [1.29, 1.82) is 0 Å². The first kappa shape index (κ1) is 23.1. The zero-order valence-corrected chi connectivity index (χ0v) is 18.5. The van der Waals surface area contributed by atoms with Crippen molar-refractivity contribution >= 4 is 15.9 Å². The number of benzene rings is 1. The number of nitrogens with one attached hydrogen (secondary N) is 1. The minimum atomic E-state index is -3.86. The van der Waals surface area contributed by atoms with E-state index in [2.05, 4.69) is 22.0 Å². The first-order valence-corrected chi connectivity index (χ1v) is 12.3. The fraction of sp³-hybridized carbons (Fsp3) is 0.667. The van der Waals surface area contributed by atoms with E-state index >= 15 is 0 Å². The molecule has 1 aromatic rings. The molecule has 2 saturated heterocycles. The quantitative estimate of drug-likeness (QED) is 0.618. The fourth-order valence-corrected chi connectivity index (χ4v) is 5.67. The Morgan fingerprint density at radius 3 is 2.33 bits per heavy atom. The van der Waals surface area contributed by atoms with Crippen LogP contribution in [0.1, 0.15) is 26.2 Å². The van der Waals surface area contributed by atoms with E-state index in [9.17, 15) is 17.6 Å². The standard InChI is InChI=1S/C21H33FN4O3S/c1-2-24-14-16-25(17-15-24)11-5-10-23-21(27)18-8-12-26(13-9-18)30(28,29)20-7-4-3-6-19(20)22/h3-4,6-7,18H,2,5,8-17H2,1H3,(H,23,27). The monoisotopic (exact) mass is 440 g/mol. The largest absolute Gasteiger partial charge is 0.356 e. The Kier molecular flexibility index (Phi) is 8.21. The Bertz CT molecular complexity index is 804. The van der Waals surface area contributed by atoms with Crippen molar-refractivity contribution < 1.29 is 17.6 Å². The van der Waals surface area contributed by atoms with Gasteiger partial charge in [-0.1, -0.05) is 19.1 Å². The first-order valence-electron chi connectivity index (χ1n) is 10.9. The molecule has 0 aliphatic carbocycles. The van der Waals surface area contributed by atoms with Crippen molar-refractivity contribution in [2.24, 2.45) is 5.92 Å². The Hall–Kier alpha value is -1.55. The summed E-state index contributed by atoms with van der Waals surface area (Å²) in [7, 11) is -3.86. The van der Waals surface area contributed by atoms with E-state index in [-0.39, 0.29) is 29.8 Å². The van der Waals surface area contributed by atoms with E-state index in [1.54, 1.807) is 0 Å². The van der Waals surface area contributed by atoms with Gasteiger partial charge in [-0.15, -0.1) is 0 Å². The summed E-state index contributed by atoms with van der Waals surface area (Å²) in [5, 5.41) is 3.00. The average molecular weight is 441 g/mol. The minimum absolute atomic E-state index is 0.00579. The van der Waals surface area contributed by atoms with Gasteiger partial charge in [-0.2, -0.15) is 4.31 Å². The normalized spacial score (nSPS) is 20.3. The number of likely N-dealkylation sites (N-methyl/N-ethyl adjacent to an activating group) is 1. The van der Waals surface area contributed by atoms with Gasteiger partial charge < -0.3 is 15.1 Å². The van der Waals surface area contributed by atoms with Crippen molar-refractivity contribution in [3.8, 4) is 0 Å². The van der Waals surface area contributed by atoms with Gasteiger partial charge in [0.2, 0.25) is 15.9 Å². The van der Waals surface area contributed by atoms with Crippen LogP contribution in [0.4, 0.5) is 4.39 Å². The Balaban J connectivity index is 1.38. The third-order valence-corrected chi connectivity index (χ3v) is 8.07. The molecule has 0 aromatic heterocycles. The van der Waals surface area contributed by atoms with Crippen LogP contribution in [-0.2, 0) is 14.8 Å². The second-order valence-electron chi connectivity index (χ2n) is 8.03. The summed E-state index contributed by atoms with van der Waals surface area (Å²) in [4.78, 5) is 17.0. The second kappa shape index (κ2) is 10.7. The average Bonchev–Trinajstić information content (AvgIpc) is 2.77. The number of hydrogen-bond acceptors (Lipinski definition) is 5. The van der Waals surface area contributed by atoms with Crippen molar-refractivity contribution in [2.45, 2.75) is 31.1 Å². The van der Waals surface area contributed by atoms with Crippen LogP contribution >= 0.6 is 0 Å². The van der Waals surface area contributed by atoms with E-state index in [0.717, 1.165) is 51.8 Å². The highest BCUT2D eigenvalue weighted by atomic mass is 32.2. The van der Waals surface area contributed by atoms with Gasteiger partial charge in [0, 0.05) is 51.7 Å². The van der Waals surface area contributed by atoms with Crippen LogP contribution in [0.5, 0.6) is 0 Å². The highest BCUT2D eigenvalue weighted by molar-refractivity contribution is 7.89. The van der Waals surface area contributed by atoms with Gasteiger partial charge in [0.25, 0.3) is 0 Å². The maximum Gasteiger partial charge on any atom is 0.245 e. The molecule has 1 N–H and O–H groups in total. The summed E-state index contributed by atoms with van der Waals surface area (Å²) in [5.41, 5.74) is 0. The third kappa shape index (κ3) is 5.78. The number of carbonyl (C=O) groups excluding carboxylic acids is 1. The molecule has 9 heteroatoms. The summed E-state index contributed by atoms with van der Waals surface area (Å²) in [5.74, 6) is -0.938. The molecule has 0 saturated carbocycles. The first-order chi connectivity index (χ1) is 14.4. The Morgan fingerprint density at radius 1 is 1.07 bits per heavy atom. The van der Waals surface area contributed by atoms with Crippen LogP contribution in [0.25, 0.3) is 0 Å². The van der Waals surface area contributed by atoms with Crippen molar-refractivity contribution in [1.82, 2.24) is 19.4 Å². The molecule has 0 spiro atoms. The van der Waals surface area contributed by atoms with E-state index in [4.69, 9.17) is 0 Å². The molecule has 0 bridgehead atoms. The van der Waals surface area contributed by atoms with Crippen LogP contribution in [0, 0.1) is 11.7 Å². The van der Waals surface area contributed by atoms with Gasteiger partial charge in [-0.3, -0.25) is 4.79 Å². The number of halogens is 1. The maximum absolute atomic E-state index is 13.9. The topological polar surface area (TPSA) is 73.0 Å². The number of piperidine rings is 1. The van der Waals surface area contributed by atoms with Crippen molar-refractivity contribution in [3.05, 3.63) is 30.1 Å². The van der Waals surface area contributed by atoms with Crippen LogP contribution in [0.3, 0.4) is 0 Å². The lowest BCUT2D eigenvalue weighted by Crippen LogP contribution is -2.47. The number of rotatable bonds is 8. The molecule has 1 amide bonds. The predicted octanol–water partition coefficient (Wildman–Crippen LogP) is 1.37. The highest BCUT2D eigenvalue weighted by Gasteiger charge is 2.33. The molecule has 0 unspecified atom stereocenters. The summed E-state index contributed by atoms with van der Waals surface area (Å²) in [6.07, 6.45) is 1.83. The predicted molar refractivity (Wildman–Crippen MR) is 114 cm³/mol. The number of nitrogens with zero attached hydrogens (tertiary/aromatic N) is 3. The van der Waals surface area contributed by atoms with E-state index in [1.807, 2.05) is 0 Å². The molecule has 2 heterocycles. The zero-order valence-electron chi connectivity index (χ0n) is 17.7. The molecule has 168 valence electrons. The molecule has 0 radical (unpaired) electrons.